The first kappa shape index (κ1) is 14.7. The van der Waals surface area contributed by atoms with Crippen molar-refractivity contribution in [3.05, 3.63) is 23.2 Å². The van der Waals surface area contributed by atoms with E-state index in [-0.39, 0.29) is 24.3 Å². The molecule has 6 heteroatoms. The second-order valence-corrected chi connectivity index (χ2v) is 5.30. The minimum Gasteiger partial charge on any atom is -0.495 e. The smallest absolute Gasteiger partial charge is 0.244 e. The van der Waals surface area contributed by atoms with Crippen molar-refractivity contribution in [1.82, 2.24) is 4.90 Å². The topological polar surface area (TPSA) is 58.6 Å². The second-order valence-electron chi connectivity index (χ2n) is 4.86. The number of amides is 2. The van der Waals surface area contributed by atoms with Gasteiger partial charge in [0.2, 0.25) is 11.8 Å². The number of anilines is 1. The Labute approximate surface area is 122 Å². The number of carbonyl (C=O) groups excluding carboxylic acids is 2. The summed E-state index contributed by atoms with van der Waals surface area (Å²) >= 11 is 5.89. The number of carbonyl (C=O) groups is 2. The summed E-state index contributed by atoms with van der Waals surface area (Å²) in [6, 6.07) is 4.97. The molecule has 0 aliphatic heterocycles. The van der Waals surface area contributed by atoms with E-state index in [1.165, 1.54) is 12.0 Å². The Morgan fingerprint density at radius 2 is 2.15 bits per heavy atom. The van der Waals surface area contributed by atoms with Crippen molar-refractivity contribution >= 4 is 29.1 Å². The van der Waals surface area contributed by atoms with E-state index in [9.17, 15) is 9.59 Å². The third kappa shape index (κ3) is 3.63. The molecule has 20 heavy (non-hydrogen) atoms. The fourth-order valence-electron chi connectivity index (χ4n) is 1.90. The van der Waals surface area contributed by atoms with Crippen LogP contribution in [0.1, 0.15) is 12.8 Å². The van der Waals surface area contributed by atoms with Crippen LogP contribution in [0.25, 0.3) is 0 Å². The van der Waals surface area contributed by atoms with Gasteiger partial charge in [-0.1, -0.05) is 11.6 Å². The van der Waals surface area contributed by atoms with Crippen molar-refractivity contribution in [2.75, 3.05) is 26.0 Å². The van der Waals surface area contributed by atoms with Gasteiger partial charge in [0.25, 0.3) is 0 Å². The summed E-state index contributed by atoms with van der Waals surface area (Å²) in [6.07, 6.45) is 1.85. The Bertz CT molecular complexity index is 529. The van der Waals surface area contributed by atoms with Crippen LogP contribution in [-0.4, -0.2) is 37.4 Å². The zero-order valence-electron chi connectivity index (χ0n) is 11.5. The first-order valence-electron chi connectivity index (χ1n) is 6.39. The van der Waals surface area contributed by atoms with Gasteiger partial charge in [0.05, 0.1) is 19.3 Å². The van der Waals surface area contributed by atoms with Crippen molar-refractivity contribution in [3.8, 4) is 5.75 Å². The number of hydrogen-bond donors (Lipinski definition) is 1. The Hall–Kier alpha value is -1.75. The predicted octanol–water partition coefficient (Wildman–Crippen LogP) is 2.16. The van der Waals surface area contributed by atoms with E-state index in [0.717, 1.165) is 12.8 Å². The Morgan fingerprint density at radius 1 is 1.45 bits per heavy atom. The maximum Gasteiger partial charge on any atom is 0.244 e. The molecule has 0 saturated heterocycles. The monoisotopic (exact) mass is 296 g/mol. The zero-order chi connectivity index (χ0) is 14.7. The molecular weight excluding hydrogens is 280 g/mol. The number of benzene rings is 1. The SMILES string of the molecule is COc1ccc(Cl)cc1NC(=O)CN(C)C(=O)C1CC1. The molecule has 0 spiro atoms. The Morgan fingerprint density at radius 3 is 2.75 bits per heavy atom. The summed E-state index contributed by atoms with van der Waals surface area (Å²) in [6.45, 7) is 0.0189. The first-order valence-corrected chi connectivity index (χ1v) is 6.77. The van der Waals surface area contributed by atoms with Gasteiger partial charge in [-0.25, -0.2) is 0 Å². The fourth-order valence-corrected chi connectivity index (χ4v) is 2.08. The number of methoxy groups -OCH3 is 1. The van der Waals surface area contributed by atoms with Crippen molar-refractivity contribution in [3.63, 3.8) is 0 Å². The number of nitrogens with zero attached hydrogens (tertiary/aromatic N) is 1. The lowest BCUT2D eigenvalue weighted by molar-refractivity contribution is -0.134. The molecule has 5 nitrogen and oxygen atoms in total. The van der Waals surface area contributed by atoms with Gasteiger partial charge < -0.3 is 15.0 Å². The Kier molecular flexibility index (Phi) is 4.49. The number of rotatable bonds is 5. The lowest BCUT2D eigenvalue weighted by Gasteiger charge is -2.17. The standard InChI is InChI=1S/C14H17ClN2O3/c1-17(14(19)9-3-4-9)8-13(18)16-11-7-10(15)5-6-12(11)20-2/h5-7,9H,3-4,8H2,1-2H3,(H,16,18). The number of hydrogen-bond acceptors (Lipinski definition) is 3. The maximum absolute atomic E-state index is 11.9. The molecule has 1 aliphatic carbocycles. The molecule has 0 bridgehead atoms. The minimum absolute atomic E-state index is 0.0189. The molecule has 0 atom stereocenters. The van der Waals surface area contributed by atoms with Crippen LogP contribution in [0.2, 0.25) is 5.02 Å². The van der Waals surface area contributed by atoms with Gasteiger partial charge in [-0.05, 0) is 31.0 Å². The summed E-state index contributed by atoms with van der Waals surface area (Å²) in [4.78, 5) is 25.2. The molecule has 0 radical (unpaired) electrons. The van der Waals surface area contributed by atoms with Crippen LogP contribution >= 0.6 is 11.6 Å². The molecule has 0 heterocycles. The number of ether oxygens (including phenoxy) is 1. The summed E-state index contributed by atoms with van der Waals surface area (Å²) in [5.41, 5.74) is 0.497. The molecule has 1 fully saturated rings. The van der Waals surface area contributed by atoms with Crippen molar-refractivity contribution in [1.29, 1.82) is 0 Å². The van der Waals surface area contributed by atoms with E-state index in [0.29, 0.717) is 16.5 Å². The number of halogens is 1. The average molecular weight is 297 g/mol. The molecule has 0 aromatic heterocycles. The van der Waals surface area contributed by atoms with Gasteiger partial charge in [-0.2, -0.15) is 0 Å². The van der Waals surface area contributed by atoms with Crippen LogP contribution in [0.15, 0.2) is 18.2 Å². The van der Waals surface area contributed by atoms with Gasteiger partial charge >= 0.3 is 0 Å². The van der Waals surface area contributed by atoms with Gasteiger partial charge in [0.15, 0.2) is 0 Å². The quantitative estimate of drug-likeness (QED) is 0.906. The van der Waals surface area contributed by atoms with Crippen molar-refractivity contribution in [2.45, 2.75) is 12.8 Å². The van der Waals surface area contributed by atoms with Gasteiger partial charge in [0, 0.05) is 18.0 Å². The molecule has 1 aliphatic rings. The normalized spacial score (nSPS) is 13.8. The van der Waals surface area contributed by atoms with Gasteiger partial charge in [-0.15, -0.1) is 0 Å². The Balaban J connectivity index is 1.97. The van der Waals surface area contributed by atoms with E-state index in [1.54, 1.807) is 25.2 Å². The lowest BCUT2D eigenvalue weighted by atomic mass is 10.3. The third-order valence-corrected chi connectivity index (χ3v) is 3.35. The maximum atomic E-state index is 11.9. The van der Waals surface area contributed by atoms with E-state index in [2.05, 4.69) is 5.32 Å². The first-order chi connectivity index (χ1) is 9.51. The van der Waals surface area contributed by atoms with Crippen LogP contribution in [0.3, 0.4) is 0 Å². The highest BCUT2D eigenvalue weighted by Gasteiger charge is 2.32. The molecule has 108 valence electrons. The molecule has 1 aromatic carbocycles. The van der Waals surface area contributed by atoms with Crippen molar-refractivity contribution < 1.29 is 14.3 Å². The van der Waals surface area contributed by atoms with Crippen LogP contribution in [0.5, 0.6) is 5.75 Å². The molecule has 1 aromatic rings. The highest BCUT2D eigenvalue weighted by Crippen LogP contribution is 2.31. The third-order valence-electron chi connectivity index (χ3n) is 3.12. The molecule has 0 unspecified atom stereocenters. The van der Waals surface area contributed by atoms with E-state index < -0.39 is 0 Å². The predicted molar refractivity (Wildman–Crippen MR) is 77.0 cm³/mol. The summed E-state index contributed by atoms with van der Waals surface area (Å²) in [7, 11) is 3.15. The second kappa shape index (κ2) is 6.13. The lowest BCUT2D eigenvalue weighted by Crippen LogP contribution is -2.35. The van der Waals surface area contributed by atoms with Crippen LogP contribution in [0, 0.1) is 5.92 Å². The summed E-state index contributed by atoms with van der Waals surface area (Å²) < 4.78 is 5.15. The summed E-state index contributed by atoms with van der Waals surface area (Å²) in [5.74, 6) is 0.382. The molecule has 1 saturated carbocycles. The van der Waals surface area contributed by atoms with E-state index >= 15 is 0 Å². The van der Waals surface area contributed by atoms with Crippen LogP contribution < -0.4 is 10.1 Å². The van der Waals surface area contributed by atoms with E-state index in [4.69, 9.17) is 16.3 Å². The molecule has 2 amide bonds. The van der Waals surface area contributed by atoms with Gasteiger partial charge in [-0.3, -0.25) is 9.59 Å². The molecule has 1 N–H and O–H groups in total. The fraction of sp³-hybridized carbons (Fsp3) is 0.429. The average Bonchev–Trinajstić information content (AvgIpc) is 3.22. The zero-order valence-corrected chi connectivity index (χ0v) is 12.2. The van der Waals surface area contributed by atoms with Crippen LogP contribution in [-0.2, 0) is 9.59 Å². The van der Waals surface area contributed by atoms with E-state index in [1.807, 2.05) is 0 Å². The number of likely N-dealkylation sites (N-methyl/N-ethyl adjacent to an activating group) is 1. The highest BCUT2D eigenvalue weighted by molar-refractivity contribution is 6.31. The highest BCUT2D eigenvalue weighted by atomic mass is 35.5. The number of nitrogens with one attached hydrogen (secondary N) is 1. The largest absolute Gasteiger partial charge is 0.495 e. The molecular formula is C14H17ClN2O3. The van der Waals surface area contributed by atoms with Gasteiger partial charge in [0.1, 0.15) is 5.75 Å². The van der Waals surface area contributed by atoms with Crippen molar-refractivity contribution in [2.24, 2.45) is 5.92 Å². The summed E-state index contributed by atoms with van der Waals surface area (Å²) in [5, 5.41) is 3.21. The molecule has 2 rings (SSSR count). The van der Waals surface area contributed by atoms with Crippen LogP contribution in [0.4, 0.5) is 5.69 Å². The minimum atomic E-state index is -0.276.